The van der Waals surface area contributed by atoms with Gasteiger partial charge in [0.15, 0.2) is 0 Å². The fourth-order valence-corrected chi connectivity index (χ4v) is 2.91. The number of halogens is 2. The zero-order chi connectivity index (χ0) is 14.8. The minimum Gasteiger partial charge on any atom is -0.369 e. The molecule has 0 saturated heterocycles. The monoisotopic (exact) mass is 318 g/mol. The highest BCUT2D eigenvalue weighted by Crippen LogP contribution is 2.22. The third kappa shape index (κ3) is 3.13. The molecule has 2 rings (SSSR count). The Morgan fingerprint density at radius 1 is 1.30 bits per heavy atom. The Hall–Kier alpha value is -1.54. The van der Waals surface area contributed by atoms with Gasteiger partial charge in [-0.15, -0.1) is 11.3 Å². The van der Waals surface area contributed by atoms with E-state index in [1.807, 2.05) is 17.3 Å². The number of hydrogen-bond donors (Lipinski definition) is 0. The smallest absolute Gasteiger partial charge is 0.341 e. The summed E-state index contributed by atoms with van der Waals surface area (Å²) in [4.78, 5) is 5.62. The molecule has 108 valence electrons. The molecule has 4 nitrogen and oxygen atoms in total. The van der Waals surface area contributed by atoms with E-state index in [1.165, 1.54) is 35.6 Å². The molecule has 0 bridgehead atoms. The second kappa shape index (κ2) is 5.84. The molecular weight excluding hydrogens is 306 g/mol. The molecule has 0 amide bonds. The van der Waals surface area contributed by atoms with Crippen molar-refractivity contribution in [3.8, 4) is 0 Å². The number of anilines is 1. The van der Waals surface area contributed by atoms with Crippen LogP contribution in [0.1, 0.15) is 5.69 Å². The fraction of sp³-hybridized carbons (Fsp3) is 0.250. The molecular formula is C12H12F2N2O2S2. The van der Waals surface area contributed by atoms with Gasteiger partial charge in [-0.05, 0) is 24.3 Å². The maximum Gasteiger partial charge on any atom is 0.341 e. The molecule has 1 aromatic carbocycles. The number of nitrogens with zero attached hydrogens (tertiary/aromatic N) is 2. The molecule has 0 N–H and O–H groups in total. The van der Waals surface area contributed by atoms with E-state index in [1.54, 1.807) is 5.51 Å². The minimum atomic E-state index is -4.53. The average molecular weight is 318 g/mol. The van der Waals surface area contributed by atoms with Crippen LogP contribution in [0.3, 0.4) is 0 Å². The lowest BCUT2D eigenvalue weighted by molar-refractivity contribution is 0.234. The van der Waals surface area contributed by atoms with Gasteiger partial charge in [-0.3, -0.25) is 0 Å². The summed E-state index contributed by atoms with van der Waals surface area (Å²) in [5.41, 5.74) is 3.34. The number of benzene rings is 1. The van der Waals surface area contributed by atoms with Gasteiger partial charge in [0.1, 0.15) is 0 Å². The van der Waals surface area contributed by atoms with E-state index < -0.39 is 15.6 Å². The molecule has 0 aliphatic carbocycles. The van der Waals surface area contributed by atoms with Gasteiger partial charge < -0.3 is 4.90 Å². The van der Waals surface area contributed by atoms with E-state index in [4.69, 9.17) is 0 Å². The quantitative estimate of drug-likeness (QED) is 0.850. The molecule has 0 aliphatic rings. The van der Waals surface area contributed by atoms with Crippen molar-refractivity contribution < 1.29 is 17.2 Å². The maximum atomic E-state index is 12.4. The zero-order valence-corrected chi connectivity index (χ0v) is 12.2. The predicted octanol–water partition coefficient (Wildman–Crippen LogP) is 2.78. The summed E-state index contributed by atoms with van der Waals surface area (Å²) in [6.45, 7) is 0.560. The lowest BCUT2D eigenvalue weighted by Crippen LogP contribution is -2.17. The zero-order valence-electron chi connectivity index (χ0n) is 10.5. The second-order valence-corrected chi connectivity index (χ2v) is 6.77. The van der Waals surface area contributed by atoms with Gasteiger partial charge in [0.2, 0.25) is 9.84 Å². The summed E-state index contributed by atoms with van der Waals surface area (Å²) in [6, 6.07) is 5.38. The van der Waals surface area contributed by atoms with Crippen LogP contribution < -0.4 is 4.90 Å². The van der Waals surface area contributed by atoms with Crippen molar-refractivity contribution in [2.24, 2.45) is 0 Å². The Morgan fingerprint density at radius 3 is 2.45 bits per heavy atom. The molecule has 0 fully saturated rings. The van der Waals surface area contributed by atoms with E-state index in [9.17, 15) is 17.2 Å². The van der Waals surface area contributed by atoms with Gasteiger partial charge >= 0.3 is 5.76 Å². The minimum absolute atomic E-state index is 0.377. The second-order valence-electron chi connectivity index (χ2n) is 4.14. The van der Waals surface area contributed by atoms with Gasteiger partial charge in [0, 0.05) is 18.1 Å². The van der Waals surface area contributed by atoms with Gasteiger partial charge in [-0.1, -0.05) is 0 Å². The molecule has 0 unspecified atom stereocenters. The normalized spacial score (nSPS) is 11.8. The Bertz CT molecular complexity index is 655. The van der Waals surface area contributed by atoms with Gasteiger partial charge in [0.05, 0.1) is 22.6 Å². The first-order valence-electron chi connectivity index (χ1n) is 5.61. The van der Waals surface area contributed by atoms with Gasteiger partial charge in [-0.2, -0.15) is 8.78 Å². The highest BCUT2D eigenvalue weighted by atomic mass is 32.2. The van der Waals surface area contributed by atoms with Crippen LogP contribution in [0, 0.1) is 0 Å². The summed E-state index contributed by atoms with van der Waals surface area (Å²) in [5, 5.41) is 1.91. The third-order valence-corrected chi connectivity index (χ3v) is 4.76. The van der Waals surface area contributed by atoms with Crippen molar-refractivity contribution in [1.82, 2.24) is 4.98 Å². The highest BCUT2D eigenvalue weighted by Gasteiger charge is 2.26. The van der Waals surface area contributed by atoms with Crippen LogP contribution in [0.2, 0.25) is 0 Å². The van der Waals surface area contributed by atoms with Gasteiger partial charge in [0.25, 0.3) is 0 Å². The van der Waals surface area contributed by atoms with Crippen molar-refractivity contribution in [2.45, 2.75) is 17.2 Å². The first kappa shape index (κ1) is 14.9. The first-order chi connectivity index (χ1) is 9.41. The van der Waals surface area contributed by atoms with Crippen LogP contribution in [-0.4, -0.2) is 26.2 Å². The molecule has 0 atom stereocenters. The third-order valence-electron chi connectivity index (χ3n) is 2.72. The summed E-state index contributed by atoms with van der Waals surface area (Å²) < 4.78 is 47.4. The lowest BCUT2D eigenvalue weighted by Gasteiger charge is -2.18. The van der Waals surface area contributed by atoms with E-state index >= 15 is 0 Å². The number of hydrogen-bond acceptors (Lipinski definition) is 5. The standard InChI is InChI=1S/C12H12F2N2O2S2/c1-16(6-9-7-19-8-15-9)10-2-4-11(5-3-10)20(17,18)12(13)14/h2-5,7-8,12H,6H2,1H3. The van der Waals surface area contributed by atoms with Crippen molar-refractivity contribution in [2.75, 3.05) is 11.9 Å². The topological polar surface area (TPSA) is 50.3 Å². The van der Waals surface area contributed by atoms with Crippen LogP contribution in [-0.2, 0) is 16.4 Å². The molecule has 0 aliphatic heterocycles. The number of thiazole rings is 1. The maximum absolute atomic E-state index is 12.4. The first-order valence-corrected chi connectivity index (χ1v) is 8.10. The van der Waals surface area contributed by atoms with Crippen molar-refractivity contribution in [3.05, 3.63) is 40.8 Å². The Labute approximate surface area is 119 Å². The molecule has 8 heteroatoms. The van der Waals surface area contributed by atoms with Crippen LogP contribution in [0.4, 0.5) is 14.5 Å². The van der Waals surface area contributed by atoms with Crippen molar-refractivity contribution in [1.29, 1.82) is 0 Å². The number of sulfone groups is 1. The van der Waals surface area contributed by atoms with E-state index in [0.717, 1.165) is 11.4 Å². The van der Waals surface area contributed by atoms with Crippen LogP contribution in [0.15, 0.2) is 40.1 Å². The number of rotatable bonds is 5. The molecule has 1 aromatic heterocycles. The molecule has 0 saturated carbocycles. The Morgan fingerprint density at radius 2 is 1.95 bits per heavy atom. The lowest BCUT2D eigenvalue weighted by atomic mass is 10.3. The Balaban J connectivity index is 2.16. The molecule has 0 spiro atoms. The van der Waals surface area contributed by atoms with Crippen LogP contribution in [0.5, 0.6) is 0 Å². The number of alkyl halides is 2. The number of aromatic nitrogens is 1. The summed E-state index contributed by atoms with van der Waals surface area (Å²) in [6.07, 6.45) is 0. The largest absolute Gasteiger partial charge is 0.369 e. The van der Waals surface area contributed by atoms with E-state index in [-0.39, 0.29) is 4.90 Å². The molecule has 20 heavy (non-hydrogen) atoms. The Kier molecular flexibility index (Phi) is 4.34. The predicted molar refractivity (Wildman–Crippen MR) is 73.9 cm³/mol. The van der Waals surface area contributed by atoms with Crippen LogP contribution >= 0.6 is 11.3 Å². The van der Waals surface area contributed by atoms with Crippen LogP contribution in [0.25, 0.3) is 0 Å². The molecule has 1 heterocycles. The summed E-state index contributed by atoms with van der Waals surface area (Å²) >= 11 is 1.49. The fourth-order valence-electron chi connectivity index (χ4n) is 1.64. The average Bonchev–Trinajstić information content (AvgIpc) is 2.91. The molecule has 0 radical (unpaired) electrons. The molecule has 2 aromatic rings. The summed E-state index contributed by atoms with van der Waals surface area (Å²) in [7, 11) is -2.72. The van der Waals surface area contributed by atoms with Crippen molar-refractivity contribution >= 4 is 26.9 Å². The summed E-state index contributed by atoms with van der Waals surface area (Å²) in [5.74, 6) is -3.40. The SMILES string of the molecule is CN(Cc1cscn1)c1ccc(S(=O)(=O)C(F)F)cc1. The highest BCUT2D eigenvalue weighted by molar-refractivity contribution is 7.91. The van der Waals surface area contributed by atoms with Crippen molar-refractivity contribution in [3.63, 3.8) is 0 Å². The van der Waals surface area contributed by atoms with E-state index in [2.05, 4.69) is 4.98 Å². The van der Waals surface area contributed by atoms with E-state index in [0.29, 0.717) is 6.54 Å². The van der Waals surface area contributed by atoms with Gasteiger partial charge in [-0.25, -0.2) is 13.4 Å².